The van der Waals surface area contributed by atoms with Crippen LogP contribution < -0.4 is 0 Å². The van der Waals surface area contributed by atoms with Gasteiger partial charge in [0.15, 0.2) is 0 Å². The van der Waals surface area contributed by atoms with Gasteiger partial charge in [-0.3, -0.25) is 4.98 Å². The van der Waals surface area contributed by atoms with Crippen molar-refractivity contribution in [2.45, 2.75) is 32.7 Å². The van der Waals surface area contributed by atoms with Gasteiger partial charge in [0, 0.05) is 24.2 Å². The second-order valence-corrected chi connectivity index (χ2v) is 5.32. The molecule has 3 rings (SSSR count). The number of rotatable bonds is 5. The van der Waals surface area contributed by atoms with Gasteiger partial charge in [0.1, 0.15) is 11.3 Å². The molecule has 0 N–H and O–H groups in total. The molecule has 0 radical (unpaired) electrons. The Morgan fingerprint density at radius 2 is 2.00 bits per heavy atom. The number of fused-ring (bicyclic) bond motifs is 3. The van der Waals surface area contributed by atoms with Gasteiger partial charge in [-0.1, -0.05) is 25.1 Å². The first-order chi connectivity index (χ1) is 9.85. The molecular formula is C16H18ClN3. The maximum atomic E-state index is 5.79. The lowest BCUT2D eigenvalue weighted by molar-refractivity contribution is 0.622. The van der Waals surface area contributed by atoms with Gasteiger partial charge in [-0.2, -0.15) is 0 Å². The van der Waals surface area contributed by atoms with E-state index in [0.717, 1.165) is 48.5 Å². The Kier molecular flexibility index (Phi) is 3.88. The van der Waals surface area contributed by atoms with E-state index in [9.17, 15) is 0 Å². The molecule has 0 atom stereocenters. The molecule has 1 aromatic carbocycles. The van der Waals surface area contributed by atoms with Crippen molar-refractivity contribution in [1.29, 1.82) is 0 Å². The van der Waals surface area contributed by atoms with E-state index in [0.29, 0.717) is 0 Å². The Morgan fingerprint density at radius 1 is 1.15 bits per heavy atom. The van der Waals surface area contributed by atoms with E-state index in [1.165, 1.54) is 10.9 Å². The topological polar surface area (TPSA) is 30.7 Å². The number of benzene rings is 1. The van der Waals surface area contributed by atoms with Crippen LogP contribution in [-0.2, 0) is 13.0 Å². The summed E-state index contributed by atoms with van der Waals surface area (Å²) in [5.41, 5.74) is 3.23. The highest BCUT2D eigenvalue weighted by molar-refractivity contribution is 6.17. The molecule has 0 aliphatic rings. The molecule has 2 aromatic heterocycles. The average molecular weight is 288 g/mol. The van der Waals surface area contributed by atoms with Crippen LogP contribution in [0.2, 0.25) is 0 Å². The van der Waals surface area contributed by atoms with Crippen LogP contribution in [0, 0.1) is 0 Å². The molecule has 0 aliphatic heterocycles. The second-order valence-electron chi connectivity index (χ2n) is 4.94. The minimum atomic E-state index is 0.719. The van der Waals surface area contributed by atoms with Crippen molar-refractivity contribution in [1.82, 2.24) is 14.5 Å². The fraction of sp³-hybridized carbons (Fsp3) is 0.375. The van der Waals surface area contributed by atoms with Gasteiger partial charge in [0.25, 0.3) is 0 Å². The Labute approximate surface area is 123 Å². The Hall–Kier alpha value is -1.61. The molecule has 3 aromatic rings. The molecule has 4 heteroatoms. The summed E-state index contributed by atoms with van der Waals surface area (Å²) in [6.45, 7) is 3.12. The van der Waals surface area contributed by atoms with Crippen molar-refractivity contribution >= 4 is 33.5 Å². The number of alkyl halides is 1. The molecule has 0 spiro atoms. The maximum absolute atomic E-state index is 5.79. The molecule has 104 valence electrons. The van der Waals surface area contributed by atoms with Crippen molar-refractivity contribution in [3.63, 3.8) is 0 Å². The standard InChI is InChI=1S/C16H18ClN3/c1-2-15-19-14-11-18-13-8-4-3-7-12(13)16(14)20(15)10-6-5-9-17/h3-4,7-8,11H,2,5-6,9-10H2,1H3. The summed E-state index contributed by atoms with van der Waals surface area (Å²) in [6, 6.07) is 8.27. The van der Waals surface area contributed by atoms with Gasteiger partial charge in [-0.15, -0.1) is 11.6 Å². The van der Waals surface area contributed by atoms with E-state index in [-0.39, 0.29) is 0 Å². The number of nitrogens with zero attached hydrogens (tertiary/aromatic N) is 3. The summed E-state index contributed by atoms with van der Waals surface area (Å²) in [7, 11) is 0. The zero-order valence-corrected chi connectivity index (χ0v) is 12.4. The molecule has 0 fully saturated rings. The van der Waals surface area contributed by atoms with Gasteiger partial charge < -0.3 is 4.57 Å². The van der Waals surface area contributed by atoms with E-state index >= 15 is 0 Å². The normalized spacial score (nSPS) is 11.5. The minimum absolute atomic E-state index is 0.719. The van der Waals surface area contributed by atoms with Crippen LogP contribution in [0.4, 0.5) is 0 Å². The number of aryl methyl sites for hydroxylation is 2. The number of hydrogen-bond donors (Lipinski definition) is 0. The number of imidazole rings is 1. The van der Waals surface area contributed by atoms with Crippen LogP contribution >= 0.6 is 11.6 Å². The molecule has 0 saturated heterocycles. The lowest BCUT2D eigenvalue weighted by Gasteiger charge is -2.09. The minimum Gasteiger partial charge on any atom is -0.327 e. The molecule has 0 bridgehead atoms. The summed E-state index contributed by atoms with van der Waals surface area (Å²) < 4.78 is 2.34. The second kappa shape index (κ2) is 5.80. The third kappa shape index (κ3) is 2.27. The van der Waals surface area contributed by atoms with Crippen LogP contribution in [0.5, 0.6) is 0 Å². The third-order valence-electron chi connectivity index (χ3n) is 3.64. The lowest BCUT2D eigenvalue weighted by atomic mass is 10.2. The number of aromatic nitrogens is 3. The van der Waals surface area contributed by atoms with Crippen LogP contribution in [0.1, 0.15) is 25.6 Å². The maximum Gasteiger partial charge on any atom is 0.109 e. The Bertz CT molecular complexity index is 733. The Morgan fingerprint density at radius 3 is 2.80 bits per heavy atom. The predicted octanol–water partition coefficient (Wildman–Crippen LogP) is 4.17. The first-order valence-electron chi connectivity index (χ1n) is 7.14. The third-order valence-corrected chi connectivity index (χ3v) is 3.91. The highest BCUT2D eigenvalue weighted by atomic mass is 35.5. The van der Waals surface area contributed by atoms with Crippen molar-refractivity contribution < 1.29 is 0 Å². The first kappa shape index (κ1) is 13.4. The summed E-state index contributed by atoms with van der Waals surface area (Å²) in [5.74, 6) is 1.85. The quantitative estimate of drug-likeness (QED) is 0.521. The molecule has 0 unspecified atom stereocenters. The zero-order valence-electron chi connectivity index (χ0n) is 11.6. The van der Waals surface area contributed by atoms with Crippen LogP contribution in [0.25, 0.3) is 21.9 Å². The fourth-order valence-electron chi connectivity index (χ4n) is 2.69. The first-order valence-corrected chi connectivity index (χ1v) is 7.67. The average Bonchev–Trinajstić information content (AvgIpc) is 2.86. The smallest absolute Gasteiger partial charge is 0.109 e. The van der Waals surface area contributed by atoms with E-state index in [1.54, 1.807) is 0 Å². The Balaban J connectivity index is 2.20. The monoisotopic (exact) mass is 287 g/mol. The van der Waals surface area contributed by atoms with Crippen molar-refractivity contribution in [3.05, 3.63) is 36.3 Å². The summed E-state index contributed by atoms with van der Waals surface area (Å²) in [5, 5.41) is 1.18. The van der Waals surface area contributed by atoms with Crippen molar-refractivity contribution in [3.8, 4) is 0 Å². The SMILES string of the molecule is CCc1nc2cnc3ccccc3c2n1CCCCCl. The molecule has 0 aliphatic carbocycles. The fourth-order valence-corrected chi connectivity index (χ4v) is 2.87. The summed E-state index contributed by atoms with van der Waals surface area (Å²) >= 11 is 5.79. The highest BCUT2D eigenvalue weighted by Gasteiger charge is 2.12. The van der Waals surface area contributed by atoms with Crippen LogP contribution in [0.3, 0.4) is 0 Å². The van der Waals surface area contributed by atoms with E-state index in [1.807, 2.05) is 12.3 Å². The van der Waals surface area contributed by atoms with Gasteiger partial charge in [-0.05, 0) is 18.9 Å². The number of hydrogen-bond acceptors (Lipinski definition) is 2. The summed E-state index contributed by atoms with van der Waals surface area (Å²) in [4.78, 5) is 9.23. The van der Waals surface area contributed by atoms with E-state index in [4.69, 9.17) is 16.6 Å². The number of para-hydroxylation sites is 1. The number of pyridine rings is 1. The molecule has 0 amide bonds. The zero-order chi connectivity index (χ0) is 13.9. The van der Waals surface area contributed by atoms with Crippen molar-refractivity contribution in [2.24, 2.45) is 0 Å². The summed E-state index contributed by atoms with van der Waals surface area (Å²) in [6.07, 6.45) is 4.94. The molecule has 2 heterocycles. The van der Waals surface area contributed by atoms with Gasteiger partial charge in [-0.25, -0.2) is 4.98 Å². The lowest BCUT2D eigenvalue weighted by Crippen LogP contribution is -2.03. The largest absolute Gasteiger partial charge is 0.327 e. The molecule has 3 nitrogen and oxygen atoms in total. The molecular weight excluding hydrogens is 270 g/mol. The van der Waals surface area contributed by atoms with Crippen LogP contribution in [0.15, 0.2) is 30.5 Å². The molecule has 0 saturated carbocycles. The van der Waals surface area contributed by atoms with Gasteiger partial charge in [0.05, 0.1) is 17.2 Å². The number of unbranched alkanes of at least 4 members (excludes halogenated alkanes) is 1. The highest BCUT2D eigenvalue weighted by Crippen LogP contribution is 2.25. The van der Waals surface area contributed by atoms with Crippen LogP contribution in [-0.4, -0.2) is 20.4 Å². The predicted molar refractivity (Wildman–Crippen MR) is 84.4 cm³/mol. The van der Waals surface area contributed by atoms with Gasteiger partial charge >= 0.3 is 0 Å². The number of halogens is 1. The van der Waals surface area contributed by atoms with E-state index < -0.39 is 0 Å². The van der Waals surface area contributed by atoms with Gasteiger partial charge in [0.2, 0.25) is 0 Å². The van der Waals surface area contributed by atoms with E-state index in [2.05, 4.69) is 34.7 Å². The molecule has 20 heavy (non-hydrogen) atoms. The van der Waals surface area contributed by atoms with Crippen molar-refractivity contribution in [2.75, 3.05) is 5.88 Å².